The zero-order valence-corrected chi connectivity index (χ0v) is 26.1. The molecule has 1 aliphatic heterocycles. The summed E-state index contributed by atoms with van der Waals surface area (Å²) in [5.41, 5.74) is -2.26. The number of nitrogens with one attached hydrogen (secondary N) is 1. The Labute approximate surface area is 223 Å². The van der Waals surface area contributed by atoms with Crippen LogP contribution in [0.3, 0.4) is 0 Å². The lowest BCUT2D eigenvalue weighted by molar-refractivity contribution is -0.157. The molecule has 1 amide bonds. The third-order valence-corrected chi connectivity index (χ3v) is 15.2. The Kier molecular flexibility index (Phi) is 10.3. The lowest BCUT2D eigenvalue weighted by Crippen LogP contribution is -2.47. The number of amidine groups is 1. The predicted octanol–water partition coefficient (Wildman–Crippen LogP) is 7.31. The van der Waals surface area contributed by atoms with Crippen molar-refractivity contribution in [1.82, 2.24) is 9.99 Å². The van der Waals surface area contributed by atoms with Gasteiger partial charge in [-0.15, -0.1) is 0 Å². The maximum absolute atomic E-state index is 13.8. The van der Waals surface area contributed by atoms with Crippen molar-refractivity contribution in [3.05, 3.63) is 0 Å². The van der Waals surface area contributed by atoms with Crippen LogP contribution >= 0.6 is 35.8 Å². The molecular formula is C22H40Cl2FN3O6P2. The van der Waals surface area contributed by atoms with Crippen molar-refractivity contribution < 1.29 is 32.6 Å². The first-order valence-electron chi connectivity index (χ1n) is 11.6. The van der Waals surface area contributed by atoms with Crippen LogP contribution in [0.15, 0.2) is 4.76 Å². The molecule has 1 rings (SSSR count). The van der Waals surface area contributed by atoms with E-state index in [1.54, 1.807) is 55.4 Å². The van der Waals surface area contributed by atoms with Gasteiger partial charge in [0.2, 0.25) is 0 Å². The van der Waals surface area contributed by atoms with E-state index in [4.69, 9.17) is 32.0 Å². The van der Waals surface area contributed by atoms with E-state index in [2.05, 4.69) is 10.1 Å². The molecule has 0 radical (unpaired) electrons. The third-order valence-electron chi connectivity index (χ3n) is 5.39. The molecule has 14 heteroatoms. The summed E-state index contributed by atoms with van der Waals surface area (Å²) in [5, 5.41) is 2.56. The lowest BCUT2D eigenvalue weighted by Gasteiger charge is -2.46. The van der Waals surface area contributed by atoms with Gasteiger partial charge < -0.3 is 14.8 Å². The number of carbonyl (C=O) groups excluding carboxylic acids is 2. The molecule has 210 valence electrons. The number of alkyl halides is 1. The highest BCUT2D eigenvalue weighted by Crippen LogP contribution is 2.84. The fraction of sp³-hybridized carbons (Fsp3) is 0.864. The molecule has 1 aliphatic rings. The Morgan fingerprint density at radius 3 is 2.00 bits per heavy atom. The minimum atomic E-state index is -3.97. The normalized spacial score (nSPS) is 25.6. The average Bonchev–Trinajstić information content (AvgIpc) is 2.63. The van der Waals surface area contributed by atoms with E-state index < -0.39 is 59.6 Å². The van der Waals surface area contributed by atoms with Crippen molar-refractivity contribution in [2.75, 3.05) is 13.2 Å². The minimum Gasteiger partial charge on any atom is -0.458 e. The highest BCUT2D eigenvalue weighted by atomic mass is 35.7. The second kappa shape index (κ2) is 11.1. The van der Waals surface area contributed by atoms with Crippen molar-refractivity contribution in [3.8, 4) is 0 Å². The Balaban J connectivity index is 3.17. The summed E-state index contributed by atoms with van der Waals surface area (Å²) in [6.45, 7) is 7.55. The Hall–Kier alpha value is -0.820. The van der Waals surface area contributed by atoms with E-state index in [0.29, 0.717) is 6.42 Å². The van der Waals surface area contributed by atoms with E-state index in [1.165, 1.54) is 13.8 Å². The quantitative estimate of drug-likeness (QED) is 0.232. The number of hydrogen-bond donors (Lipinski definition) is 1. The summed E-state index contributed by atoms with van der Waals surface area (Å²) in [5.74, 6) is -0.977. The zero-order chi connectivity index (χ0) is 28.5. The first kappa shape index (κ1) is 33.2. The summed E-state index contributed by atoms with van der Waals surface area (Å²) in [6, 6.07) is -1.03. The summed E-state index contributed by atoms with van der Waals surface area (Å²) in [7, 11) is 0. The summed E-state index contributed by atoms with van der Waals surface area (Å²) in [6.07, 6.45) is -0.330. The van der Waals surface area contributed by atoms with Crippen LogP contribution in [-0.4, -0.2) is 57.9 Å². The van der Waals surface area contributed by atoms with Gasteiger partial charge >= 0.3 is 12.1 Å². The van der Waals surface area contributed by atoms with E-state index in [-0.39, 0.29) is 18.8 Å². The van der Waals surface area contributed by atoms with Gasteiger partial charge in [0.1, 0.15) is 34.7 Å². The summed E-state index contributed by atoms with van der Waals surface area (Å²) in [4.78, 5) is 23.6. The molecule has 0 aromatic heterocycles. The van der Waals surface area contributed by atoms with Crippen LogP contribution in [0.25, 0.3) is 0 Å². The molecule has 1 N–H and O–H groups in total. The Bertz CT molecular complexity index is 976. The number of hydrogen-bond acceptors (Lipinski definition) is 6. The predicted molar refractivity (Wildman–Crippen MR) is 143 cm³/mol. The van der Waals surface area contributed by atoms with Crippen molar-refractivity contribution >= 4 is 53.7 Å². The molecule has 36 heavy (non-hydrogen) atoms. The minimum absolute atomic E-state index is 0.0235. The molecule has 0 aromatic rings. The van der Waals surface area contributed by atoms with Gasteiger partial charge in [0.05, 0.1) is 0 Å². The fourth-order valence-corrected chi connectivity index (χ4v) is 10.2. The van der Waals surface area contributed by atoms with Crippen LogP contribution in [0.5, 0.6) is 0 Å². The number of rotatable bonds is 8. The van der Waals surface area contributed by atoms with Gasteiger partial charge in [-0.05, 0) is 96.1 Å². The molecule has 0 spiro atoms. The summed E-state index contributed by atoms with van der Waals surface area (Å²) >= 11 is 12.5. The molecule has 0 aromatic carbocycles. The number of ether oxygens (including phenoxy) is 2. The molecule has 0 aliphatic carbocycles. The maximum Gasteiger partial charge on any atom is 0.408 e. The highest BCUT2D eigenvalue weighted by molar-refractivity contribution is 8.04. The Morgan fingerprint density at radius 2 is 1.56 bits per heavy atom. The summed E-state index contributed by atoms with van der Waals surface area (Å²) < 4.78 is 56.0. The monoisotopic (exact) mass is 593 g/mol. The Morgan fingerprint density at radius 1 is 1.06 bits per heavy atom. The standard InChI is InChI=1S/C22H40Cl2FN3O6P2/c1-19(2,3)33-17(29)15(26-18(30)34-20(4,5)6)11-12-21(7,8)14-28-16(13-25)27-35(23,31)22(9,10)36(28,24)32/h15H,11-14H2,1-10H3,(H,26,30). The molecular weight excluding hydrogens is 554 g/mol. The molecule has 3 unspecified atom stereocenters. The second-order valence-corrected chi connectivity index (χ2v) is 20.2. The molecule has 9 nitrogen and oxygen atoms in total. The van der Waals surface area contributed by atoms with Gasteiger partial charge in [-0.3, -0.25) is 13.8 Å². The van der Waals surface area contributed by atoms with Crippen LogP contribution in [-0.2, 0) is 23.4 Å². The first-order valence-corrected chi connectivity index (χ1v) is 16.7. The van der Waals surface area contributed by atoms with Gasteiger partial charge in [-0.25, -0.2) is 14.0 Å². The first-order chi connectivity index (χ1) is 15.9. The van der Waals surface area contributed by atoms with Gasteiger partial charge in [0.15, 0.2) is 0 Å². The lowest BCUT2D eigenvalue weighted by atomic mass is 9.86. The largest absolute Gasteiger partial charge is 0.458 e. The van der Waals surface area contributed by atoms with Crippen LogP contribution < -0.4 is 5.32 Å². The van der Waals surface area contributed by atoms with Crippen molar-refractivity contribution in [2.45, 2.75) is 104 Å². The molecule has 0 fully saturated rings. The van der Waals surface area contributed by atoms with Crippen molar-refractivity contribution in [1.29, 1.82) is 0 Å². The second-order valence-electron chi connectivity index (χ2n) is 12.1. The van der Waals surface area contributed by atoms with Crippen LogP contribution in [0, 0.1) is 5.41 Å². The SMILES string of the molecule is CC(C)(CCC(NC(=O)OC(C)(C)C)C(=O)OC(C)(C)C)CN1C(CF)=NP(=O)(Cl)C(C)(C)P1(=O)Cl. The highest BCUT2D eigenvalue weighted by Gasteiger charge is 2.60. The third kappa shape index (κ3) is 8.61. The fourth-order valence-electron chi connectivity index (χ4n) is 3.29. The van der Waals surface area contributed by atoms with Gasteiger partial charge in [-0.2, -0.15) is 4.76 Å². The molecule has 0 saturated heterocycles. The van der Waals surface area contributed by atoms with Gasteiger partial charge in [-0.1, -0.05) is 13.8 Å². The van der Waals surface area contributed by atoms with Crippen LogP contribution in [0.2, 0.25) is 0 Å². The van der Waals surface area contributed by atoms with Crippen molar-refractivity contribution in [3.63, 3.8) is 0 Å². The van der Waals surface area contributed by atoms with Gasteiger partial charge in [0.25, 0.3) is 13.3 Å². The van der Waals surface area contributed by atoms with Crippen molar-refractivity contribution in [2.24, 2.45) is 10.2 Å². The smallest absolute Gasteiger partial charge is 0.408 e. The average molecular weight is 594 g/mol. The number of carbonyl (C=O) groups is 2. The van der Waals surface area contributed by atoms with E-state index in [1.807, 2.05) is 0 Å². The van der Waals surface area contributed by atoms with Crippen LogP contribution in [0.1, 0.15) is 82.1 Å². The van der Waals surface area contributed by atoms with E-state index >= 15 is 0 Å². The topological polar surface area (TPSA) is 114 Å². The number of halogens is 3. The number of alkyl carbamates (subject to hydrolysis) is 1. The molecule has 0 bridgehead atoms. The number of esters is 1. The molecule has 0 saturated carbocycles. The maximum atomic E-state index is 13.8. The number of nitrogens with zero attached hydrogens (tertiary/aromatic N) is 2. The van der Waals surface area contributed by atoms with E-state index in [0.717, 1.165) is 4.67 Å². The van der Waals surface area contributed by atoms with Crippen LogP contribution in [0.4, 0.5) is 9.18 Å². The van der Waals surface area contributed by atoms with Gasteiger partial charge in [0, 0.05) is 6.54 Å². The molecule has 1 heterocycles. The van der Waals surface area contributed by atoms with E-state index in [9.17, 15) is 23.1 Å². The zero-order valence-electron chi connectivity index (χ0n) is 22.8. The number of amides is 1. The molecule has 3 atom stereocenters.